The summed E-state index contributed by atoms with van der Waals surface area (Å²) >= 11 is 0.535. The number of methoxy groups -OCH3 is 2. The minimum Gasteiger partial charge on any atom is -0.493 e. The maximum Gasteiger partial charge on any atom is 0.294 e. The molecule has 0 aliphatic carbocycles. The Morgan fingerprint density at radius 2 is 1.91 bits per heavy atom. The molecule has 0 spiro atoms. The van der Waals surface area contributed by atoms with Crippen LogP contribution in [0.1, 0.15) is 5.56 Å². The van der Waals surface area contributed by atoms with Crippen LogP contribution in [0.2, 0.25) is 0 Å². The maximum atomic E-state index is 13.3. The van der Waals surface area contributed by atoms with Crippen molar-refractivity contribution in [2.45, 2.75) is 0 Å². The molecule has 3 rings (SSSR count). The van der Waals surface area contributed by atoms with E-state index in [-0.39, 0.29) is 33.3 Å². The number of halogens is 1. The van der Waals surface area contributed by atoms with Crippen molar-refractivity contribution in [3.8, 4) is 11.5 Å². The molecular formula is C20H16FN3O7S. The lowest BCUT2D eigenvalue weighted by atomic mass is 10.1. The van der Waals surface area contributed by atoms with Gasteiger partial charge in [0.05, 0.1) is 35.7 Å². The normalized spacial score (nSPS) is 14.6. The van der Waals surface area contributed by atoms with Gasteiger partial charge in [-0.3, -0.25) is 29.4 Å². The molecule has 3 amide bonds. The van der Waals surface area contributed by atoms with Gasteiger partial charge in [-0.2, -0.15) is 0 Å². The van der Waals surface area contributed by atoms with Crippen molar-refractivity contribution in [1.82, 2.24) is 4.90 Å². The number of hydrogen-bond acceptors (Lipinski definition) is 8. The van der Waals surface area contributed by atoms with Gasteiger partial charge in [-0.25, -0.2) is 4.39 Å². The number of hydrogen-bond donors (Lipinski definition) is 1. The van der Waals surface area contributed by atoms with Crippen LogP contribution < -0.4 is 14.8 Å². The summed E-state index contributed by atoms with van der Waals surface area (Å²) in [6.45, 7) is -0.605. The number of ether oxygens (including phenoxy) is 2. The molecule has 12 heteroatoms. The molecule has 0 bridgehead atoms. The predicted molar refractivity (Wildman–Crippen MR) is 114 cm³/mol. The summed E-state index contributed by atoms with van der Waals surface area (Å²) in [5.74, 6) is -1.75. The van der Waals surface area contributed by atoms with E-state index in [2.05, 4.69) is 5.32 Å². The van der Waals surface area contributed by atoms with Crippen LogP contribution in [0.25, 0.3) is 6.08 Å². The molecule has 1 heterocycles. The number of thioether (sulfide) groups is 1. The summed E-state index contributed by atoms with van der Waals surface area (Å²) in [7, 11) is 2.67. The molecular weight excluding hydrogens is 445 g/mol. The van der Waals surface area contributed by atoms with Crippen LogP contribution in [-0.4, -0.2) is 47.6 Å². The van der Waals surface area contributed by atoms with E-state index in [4.69, 9.17) is 9.47 Å². The minimum absolute atomic E-state index is 0.0161. The minimum atomic E-state index is -0.793. The zero-order chi connectivity index (χ0) is 23.4. The van der Waals surface area contributed by atoms with E-state index in [9.17, 15) is 28.9 Å². The van der Waals surface area contributed by atoms with E-state index in [1.807, 2.05) is 0 Å². The number of imide groups is 1. The number of rotatable bonds is 7. The van der Waals surface area contributed by atoms with Gasteiger partial charge < -0.3 is 14.8 Å². The first kappa shape index (κ1) is 22.7. The largest absolute Gasteiger partial charge is 0.493 e. The molecule has 1 aliphatic rings. The summed E-state index contributed by atoms with van der Waals surface area (Å²) in [6, 6.07) is 7.57. The number of nitrogens with one attached hydrogen (secondary N) is 1. The smallest absolute Gasteiger partial charge is 0.294 e. The fourth-order valence-electron chi connectivity index (χ4n) is 2.85. The molecule has 1 fully saturated rings. The second-order valence-corrected chi connectivity index (χ2v) is 7.34. The van der Waals surface area contributed by atoms with Crippen molar-refractivity contribution >= 4 is 46.3 Å². The van der Waals surface area contributed by atoms with Crippen molar-refractivity contribution in [3.63, 3.8) is 0 Å². The molecule has 10 nitrogen and oxygen atoms in total. The number of benzene rings is 2. The van der Waals surface area contributed by atoms with Crippen LogP contribution in [0.4, 0.5) is 20.6 Å². The standard InChI is InChI=1S/C20H16FN3O7S/c1-30-15-6-11(14(24(28)29)9-16(15)31-2)7-17-19(26)23(20(27)32-17)10-18(25)22-13-5-3-4-12(21)8-13/h3-9H,10H2,1-2H3,(H,22,25)/b17-7+. The van der Waals surface area contributed by atoms with Gasteiger partial charge in [0, 0.05) is 5.69 Å². The second kappa shape index (κ2) is 9.47. The number of amides is 3. The molecule has 1 saturated heterocycles. The van der Waals surface area contributed by atoms with Crippen molar-refractivity contribution in [1.29, 1.82) is 0 Å². The van der Waals surface area contributed by atoms with Gasteiger partial charge in [0.1, 0.15) is 12.4 Å². The Labute approximate surface area is 185 Å². The summed E-state index contributed by atoms with van der Waals surface area (Å²) < 4.78 is 23.4. The lowest BCUT2D eigenvalue weighted by molar-refractivity contribution is -0.385. The molecule has 0 radical (unpaired) electrons. The van der Waals surface area contributed by atoms with Crippen LogP contribution in [0.3, 0.4) is 0 Å². The fraction of sp³-hybridized carbons (Fsp3) is 0.150. The zero-order valence-corrected chi connectivity index (χ0v) is 17.6. The van der Waals surface area contributed by atoms with Gasteiger partial charge in [0.2, 0.25) is 5.91 Å². The monoisotopic (exact) mass is 461 g/mol. The van der Waals surface area contributed by atoms with E-state index in [1.54, 1.807) is 0 Å². The van der Waals surface area contributed by atoms with Gasteiger partial charge in [0.15, 0.2) is 11.5 Å². The van der Waals surface area contributed by atoms with Crippen LogP contribution in [0, 0.1) is 15.9 Å². The van der Waals surface area contributed by atoms with Crippen molar-refractivity contribution < 1.29 is 33.2 Å². The SMILES string of the molecule is COc1cc(/C=C2/SC(=O)N(CC(=O)Nc3cccc(F)c3)C2=O)c([N+](=O)[O-])cc1OC. The quantitative estimate of drug-likeness (QED) is 0.377. The van der Waals surface area contributed by atoms with Crippen molar-refractivity contribution in [2.75, 3.05) is 26.1 Å². The number of carbonyl (C=O) groups is 3. The van der Waals surface area contributed by atoms with E-state index < -0.39 is 34.3 Å². The molecule has 166 valence electrons. The van der Waals surface area contributed by atoms with Crippen molar-refractivity contribution in [3.05, 3.63) is 62.8 Å². The average molecular weight is 461 g/mol. The second-order valence-electron chi connectivity index (χ2n) is 6.35. The molecule has 0 saturated carbocycles. The van der Waals surface area contributed by atoms with Crippen LogP contribution in [0.15, 0.2) is 41.3 Å². The molecule has 0 unspecified atom stereocenters. The first-order chi connectivity index (χ1) is 15.2. The first-order valence-electron chi connectivity index (χ1n) is 8.94. The maximum absolute atomic E-state index is 13.3. The Kier molecular flexibility index (Phi) is 6.73. The van der Waals surface area contributed by atoms with Crippen LogP contribution in [-0.2, 0) is 9.59 Å². The van der Waals surface area contributed by atoms with Gasteiger partial charge in [-0.15, -0.1) is 0 Å². The van der Waals surface area contributed by atoms with Crippen molar-refractivity contribution in [2.24, 2.45) is 0 Å². The summed E-state index contributed by atoms with van der Waals surface area (Å²) in [6.07, 6.45) is 1.18. The molecule has 1 aliphatic heterocycles. The van der Waals surface area contributed by atoms with Crippen LogP contribution >= 0.6 is 11.8 Å². The predicted octanol–water partition coefficient (Wildman–Crippen LogP) is 3.43. The lowest BCUT2D eigenvalue weighted by Gasteiger charge is -2.12. The lowest BCUT2D eigenvalue weighted by Crippen LogP contribution is -2.36. The Balaban J connectivity index is 1.84. The topological polar surface area (TPSA) is 128 Å². The Bertz CT molecular complexity index is 1150. The average Bonchev–Trinajstić information content (AvgIpc) is 3.00. The molecule has 1 N–H and O–H groups in total. The number of nitro benzene ring substituents is 1. The van der Waals surface area contributed by atoms with Gasteiger partial charge in [-0.05, 0) is 42.1 Å². The molecule has 0 aromatic heterocycles. The number of nitrogens with zero attached hydrogens (tertiary/aromatic N) is 2. The Hall–Kier alpha value is -3.93. The molecule has 2 aromatic rings. The van der Waals surface area contributed by atoms with E-state index >= 15 is 0 Å². The third kappa shape index (κ3) is 4.86. The molecule has 0 atom stereocenters. The molecule has 2 aromatic carbocycles. The molecule has 32 heavy (non-hydrogen) atoms. The summed E-state index contributed by atoms with van der Waals surface area (Å²) in [5.41, 5.74) is -0.181. The number of carbonyl (C=O) groups excluding carboxylic acids is 3. The third-order valence-electron chi connectivity index (χ3n) is 4.30. The summed E-state index contributed by atoms with van der Waals surface area (Å²) in [4.78, 5) is 48.5. The highest BCUT2D eigenvalue weighted by Crippen LogP contribution is 2.38. The van der Waals surface area contributed by atoms with Gasteiger partial charge in [0.25, 0.3) is 16.8 Å². The Morgan fingerprint density at radius 1 is 1.22 bits per heavy atom. The van der Waals surface area contributed by atoms with Gasteiger partial charge >= 0.3 is 0 Å². The third-order valence-corrected chi connectivity index (χ3v) is 5.21. The van der Waals surface area contributed by atoms with E-state index in [0.717, 1.165) is 12.1 Å². The first-order valence-corrected chi connectivity index (χ1v) is 9.76. The summed E-state index contributed by atoms with van der Waals surface area (Å²) in [5, 5.41) is 13.1. The van der Waals surface area contributed by atoms with Gasteiger partial charge in [-0.1, -0.05) is 6.07 Å². The van der Waals surface area contributed by atoms with E-state index in [1.165, 1.54) is 44.6 Å². The van der Waals surface area contributed by atoms with E-state index in [0.29, 0.717) is 16.7 Å². The Morgan fingerprint density at radius 3 is 2.53 bits per heavy atom. The highest BCUT2D eigenvalue weighted by molar-refractivity contribution is 8.18. The fourth-order valence-corrected chi connectivity index (χ4v) is 3.67. The zero-order valence-electron chi connectivity index (χ0n) is 16.8. The number of nitro groups is 1. The van der Waals surface area contributed by atoms with Crippen LogP contribution in [0.5, 0.6) is 11.5 Å². The number of anilines is 1. The highest BCUT2D eigenvalue weighted by Gasteiger charge is 2.37. The highest BCUT2D eigenvalue weighted by atomic mass is 32.2.